The summed E-state index contributed by atoms with van der Waals surface area (Å²) in [4.78, 5) is 24.1. The number of hydrogen-bond acceptors (Lipinski definition) is 9. The van der Waals surface area contributed by atoms with Crippen LogP contribution in [0.2, 0.25) is 10.0 Å². The number of rotatable bonds is 12. The molecule has 1 aliphatic rings. The number of aromatic hydroxyl groups is 2. The number of halogens is 4. The maximum absolute atomic E-state index is 13.2. The normalized spacial score (nSPS) is 13.7. The zero-order valence-corrected chi connectivity index (χ0v) is 23.6. The predicted octanol–water partition coefficient (Wildman–Crippen LogP) is 6.31. The van der Waals surface area contributed by atoms with E-state index in [0.717, 1.165) is 29.8 Å². The molecule has 0 bridgehead atoms. The van der Waals surface area contributed by atoms with E-state index in [2.05, 4.69) is 9.91 Å². The lowest BCUT2D eigenvalue weighted by molar-refractivity contribution is -0.605. The van der Waals surface area contributed by atoms with Gasteiger partial charge >= 0.3 is 12.6 Å². The molecule has 1 atom stereocenters. The van der Waals surface area contributed by atoms with Gasteiger partial charge in [-0.1, -0.05) is 29.3 Å². The standard InChI is InChI=1S/C28H23Cl2F2N3O8/c29-20-10-34(40)11-21(30)19(20)9-23(15-3-6-22(43-28(31)32)24(7-15)41-13-14-1-2-14)42-25(36)12-35-26(37)17-5-4-16(33-39)8-18(17)27(35)38/h3-8,10-11,14,23,28,37-38H,1-2,9,12-13H2/t23-/m0/s1. The van der Waals surface area contributed by atoms with Gasteiger partial charge in [0.1, 0.15) is 28.4 Å². The van der Waals surface area contributed by atoms with E-state index in [0.29, 0.717) is 10.3 Å². The third-order valence-electron chi connectivity index (χ3n) is 6.84. The van der Waals surface area contributed by atoms with Crippen LogP contribution in [0.3, 0.4) is 0 Å². The van der Waals surface area contributed by atoms with Gasteiger partial charge in [-0.3, -0.25) is 9.36 Å². The van der Waals surface area contributed by atoms with Crippen molar-refractivity contribution >= 4 is 45.6 Å². The third-order valence-corrected chi connectivity index (χ3v) is 7.49. The van der Waals surface area contributed by atoms with Crippen molar-refractivity contribution in [1.82, 2.24) is 4.57 Å². The number of carbonyl (C=O) groups excluding carboxylic acids is 1. The van der Waals surface area contributed by atoms with Gasteiger partial charge in [-0.05, 0) is 59.8 Å². The molecule has 0 spiro atoms. The summed E-state index contributed by atoms with van der Waals surface area (Å²) in [6.45, 7) is -3.51. The first kappa shape index (κ1) is 30.1. The lowest BCUT2D eigenvalue weighted by atomic mass is 10.0. The van der Waals surface area contributed by atoms with E-state index in [1.807, 2.05) is 0 Å². The molecule has 2 heterocycles. The molecule has 2 aromatic heterocycles. The topological polar surface area (TPSA) is 147 Å². The molecule has 0 aliphatic heterocycles. The average molecular weight is 638 g/mol. The van der Waals surface area contributed by atoms with Crippen molar-refractivity contribution in [3.05, 3.63) is 80.1 Å². The summed E-state index contributed by atoms with van der Waals surface area (Å²) in [5.41, 5.74) is 0.546. The summed E-state index contributed by atoms with van der Waals surface area (Å²) in [5, 5.41) is 36.1. The molecule has 1 saturated carbocycles. The van der Waals surface area contributed by atoms with E-state index in [-0.39, 0.29) is 62.5 Å². The van der Waals surface area contributed by atoms with E-state index in [1.54, 1.807) is 0 Å². The van der Waals surface area contributed by atoms with E-state index < -0.39 is 37.0 Å². The first-order valence-corrected chi connectivity index (χ1v) is 13.6. The number of fused-ring (bicyclic) bond motifs is 1. The molecule has 1 aliphatic carbocycles. The minimum absolute atomic E-state index is 0.0000517. The number of pyridine rings is 1. The largest absolute Gasteiger partial charge is 0.619 e. The number of carbonyl (C=O) groups is 1. The molecule has 4 aromatic rings. The van der Waals surface area contributed by atoms with Crippen LogP contribution in [0, 0.1) is 16.0 Å². The molecular weight excluding hydrogens is 615 g/mol. The SMILES string of the molecule is O=Nc1ccc2c(O)n(CC(=O)O[C@@H](Cc3c(Cl)c[n+]([O-])cc3Cl)c3ccc(OC(F)F)c(OCC4CC4)c3)c(O)c2c1. The van der Waals surface area contributed by atoms with E-state index in [1.165, 1.54) is 36.4 Å². The van der Waals surface area contributed by atoms with Crippen molar-refractivity contribution in [3.63, 3.8) is 0 Å². The van der Waals surface area contributed by atoms with Crippen LogP contribution in [-0.4, -0.2) is 34.0 Å². The van der Waals surface area contributed by atoms with Gasteiger partial charge in [-0.2, -0.15) is 13.5 Å². The Kier molecular flexibility index (Phi) is 8.74. The highest BCUT2D eigenvalue weighted by atomic mass is 35.5. The molecule has 0 amide bonds. The Bertz CT molecular complexity index is 1670. The molecule has 1 fully saturated rings. The molecule has 15 heteroatoms. The molecule has 0 saturated heterocycles. The van der Waals surface area contributed by atoms with Crippen LogP contribution >= 0.6 is 23.2 Å². The Balaban J connectivity index is 1.48. The van der Waals surface area contributed by atoms with Gasteiger partial charge < -0.3 is 29.6 Å². The highest BCUT2D eigenvalue weighted by Crippen LogP contribution is 2.40. The van der Waals surface area contributed by atoms with Gasteiger partial charge in [-0.15, -0.1) is 4.91 Å². The Morgan fingerprint density at radius 1 is 1.07 bits per heavy atom. The molecule has 2 aromatic carbocycles. The summed E-state index contributed by atoms with van der Waals surface area (Å²) < 4.78 is 43.5. The van der Waals surface area contributed by atoms with E-state index in [9.17, 15) is 33.9 Å². The van der Waals surface area contributed by atoms with Crippen LogP contribution in [0.1, 0.15) is 30.1 Å². The Labute approximate surface area is 252 Å². The Morgan fingerprint density at radius 3 is 2.42 bits per heavy atom. The van der Waals surface area contributed by atoms with Crippen LogP contribution in [0.25, 0.3) is 10.8 Å². The lowest BCUT2D eigenvalue weighted by Crippen LogP contribution is -2.26. The highest BCUT2D eigenvalue weighted by Gasteiger charge is 2.27. The number of aromatic nitrogens is 2. The maximum atomic E-state index is 13.2. The summed E-state index contributed by atoms with van der Waals surface area (Å²) in [6.07, 6.45) is 2.70. The van der Waals surface area contributed by atoms with Crippen LogP contribution < -0.4 is 14.2 Å². The van der Waals surface area contributed by atoms with Gasteiger partial charge in [-0.25, -0.2) is 0 Å². The van der Waals surface area contributed by atoms with Crippen molar-refractivity contribution in [2.75, 3.05) is 6.61 Å². The fourth-order valence-electron chi connectivity index (χ4n) is 4.50. The van der Waals surface area contributed by atoms with Crippen LogP contribution in [0.5, 0.6) is 23.3 Å². The number of hydrogen-bond donors (Lipinski definition) is 2. The Hall–Kier alpha value is -4.36. The number of ether oxygens (including phenoxy) is 3. The highest BCUT2D eigenvalue weighted by molar-refractivity contribution is 6.35. The zero-order valence-electron chi connectivity index (χ0n) is 22.1. The lowest BCUT2D eigenvalue weighted by Gasteiger charge is -2.22. The summed E-state index contributed by atoms with van der Waals surface area (Å²) in [5.74, 6) is -1.83. The van der Waals surface area contributed by atoms with Gasteiger partial charge in [0.05, 0.1) is 6.61 Å². The first-order valence-electron chi connectivity index (χ1n) is 12.9. The second-order valence-electron chi connectivity index (χ2n) is 9.87. The summed E-state index contributed by atoms with van der Waals surface area (Å²) in [7, 11) is 0. The summed E-state index contributed by atoms with van der Waals surface area (Å²) >= 11 is 12.6. The fraction of sp³-hybridized carbons (Fsp3) is 0.286. The number of nitrogens with zero attached hydrogens (tertiary/aromatic N) is 3. The second kappa shape index (κ2) is 12.5. The van der Waals surface area contributed by atoms with Crippen LogP contribution in [0.15, 0.2) is 54.0 Å². The Morgan fingerprint density at radius 2 is 1.77 bits per heavy atom. The van der Waals surface area contributed by atoms with E-state index in [4.69, 9.17) is 32.7 Å². The van der Waals surface area contributed by atoms with Crippen molar-refractivity contribution in [2.45, 2.75) is 38.5 Å². The molecule has 5 rings (SSSR count). The van der Waals surface area contributed by atoms with Gasteiger partial charge in [0.2, 0.25) is 11.8 Å². The molecule has 11 nitrogen and oxygen atoms in total. The average Bonchev–Trinajstić information content (AvgIpc) is 3.76. The summed E-state index contributed by atoms with van der Waals surface area (Å²) in [6, 6.07) is 7.97. The number of benzene rings is 2. The molecule has 226 valence electrons. The minimum Gasteiger partial charge on any atom is -0.619 e. The number of alkyl halides is 2. The van der Waals surface area contributed by atoms with Crippen molar-refractivity contribution < 1.29 is 42.7 Å². The smallest absolute Gasteiger partial charge is 0.387 e. The molecule has 0 unspecified atom stereocenters. The zero-order chi connectivity index (χ0) is 30.8. The fourth-order valence-corrected chi connectivity index (χ4v) is 5.10. The second-order valence-corrected chi connectivity index (χ2v) is 10.7. The number of nitroso groups, excluding NO2 is 1. The quantitative estimate of drug-likeness (QED) is 0.0795. The molecular formula is C28H23Cl2F2N3O8. The molecule has 43 heavy (non-hydrogen) atoms. The van der Waals surface area contributed by atoms with Gasteiger partial charge in [0.15, 0.2) is 23.9 Å². The third kappa shape index (κ3) is 6.83. The van der Waals surface area contributed by atoms with Gasteiger partial charge in [0.25, 0.3) is 0 Å². The maximum Gasteiger partial charge on any atom is 0.387 e. The van der Waals surface area contributed by atoms with Crippen LogP contribution in [-0.2, 0) is 22.5 Å². The van der Waals surface area contributed by atoms with Gasteiger partial charge in [0, 0.05) is 22.8 Å². The van der Waals surface area contributed by atoms with E-state index >= 15 is 0 Å². The minimum atomic E-state index is -3.11. The van der Waals surface area contributed by atoms with Crippen LogP contribution in [0.4, 0.5) is 14.5 Å². The molecule has 0 radical (unpaired) electrons. The van der Waals surface area contributed by atoms with Crippen molar-refractivity contribution in [2.24, 2.45) is 11.1 Å². The van der Waals surface area contributed by atoms with Crippen molar-refractivity contribution in [3.8, 4) is 23.3 Å². The predicted molar refractivity (Wildman–Crippen MR) is 150 cm³/mol. The monoisotopic (exact) mass is 637 g/mol. The first-order chi connectivity index (χ1) is 20.5. The molecule has 2 N–H and O–H groups in total. The number of esters is 1. The van der Waals surface area contributed by atoms with Crippen molar-refractivity contribution in [1.29, 1.82) is 0 Å².